The summed E-state index contributed by atoms with van der Waals surface area (Å²) in [5.74, 6) is 1.33. The molecule has 1 N–H and O–H groups in total. The molecule has 0 saturated carbocycles. The first kappa shape index (κ1) is 15.9. The van der Waals surface area contributed by atoms with Gasteiger partial charge < -0.3 is 10.2 Å². The summed E-state index contributed by atoms with van der Waals surface area (Å²) in [5.41, 5.74) is 4.69. The maximum absolute atomic E-state index is 12.1. The summed E-state index contributed by atoms with van der Waals surface area (Å²) >= 11 is 1.61. The van der Waals surface area contributed by atoms with Crippen molar-refractivity contribution >= 4 is 29.0 Å². The molecule has 0 aliphatic carbocycles. The minimum Gasteiger partial charge on any atom is -0.374 e. The number of benzene rings is 1. The molecular weight excluding hydrogens is 306 g/mol. The van der Waals surface area contributed by atoms with E-state index >= 15 is 0 Å². The molecule has 3 rings (SSSR count). The standard InChI is InChI=1S/C18H21N3OS/c1-21-10-2-3-15-11-16(4-5-17(15)21)20-18(22)13-23-12-14-6-8-19-9-7-14/h4-9,11H,2-3,10,12-13H2,1H3,(H,20,22). The number of nitrogens with zero attached hydrogens (tertiary/aromatic N) is 2. The Morgan fingerprint density at radius 1 is 1.30 bits per heavy atom. The number of pyridine rings is 1. The third-order valence-electron chi connectivity index (χ3n) is 3.97. The molecule has 0 atom stereocenters. The van der Waals surface area contributed by atoms with Gasteiger partial charge in [-0.05, 0) is 54.3 Å². The molecule has 2 aromatic rings. The molecule has 1 aromatic carbocycles. The number of fused-ring (bicyclic) bond motifs is 1. The Bertz CT molecular complexity index is 675. The third-order valence-corrected chi connectivity index (χ3v) is 4.97. The lowest BCUT2D eigenvalue weighted by Crippen LogP contribution is -2.24. The summed E-state index contributed by atoms with van der Waals surface area (Å²) in [7, 11) is 2.12. The Labute approximate surface area is 141 Å². The van der Waals surface area contributed by atoms with Gasteiger partial charge >= 0.3 is 0 Å². The highest BCUT2D eigenvalue weighted by atomic mass is 32.2. The molecule has 0 spiro atoms. The van der Waals surface area contributed by atoms with Crippen LogP contribution in [0.4, 0.5) is 11.4 Å². The Morgan fingerprint density at radius 2 is 2.13 bits per heavy atom. The van der Waals surface area contributed by atoms with E-state index in [9.17, 15) is 4.79 Å². The van der Waals surface area contributed by atoms with Gasteiger partial charge in [0.25, 0.3) is 0 Å². The van der Waals surface area contributed by atoms with Gasteiger partial charge in [0.2, 0.25) is 5.91 Å². The lowest BCUT2D eigenvalue weighted by molar-refractivity contribution is -0.113. The first-order valence-electron chi connectivity index (χ1n) is 7.83. The minimum atomic E-state index is 0.0492. The van der Waals surface area contributed by atoms with E-state index in [1.165, 1.54) is 23.2 Å². The second kappa shape index (κ2) is 7.51. The van der Waals surface area contributed by atoms with E-state index in [0.717, 1.165) is 24.4 Å². The highest BCUT2D eigenvalue weighted by Gasteiger charge is 2.14. The fourth-order valence-corrected chi connectivity index (χ4v) is 3.59. The SMILES string of the molecule is CN1CCCc2cc(NC(=O)CSCc3ccncc3)ccc21. The molecule has 4 nitrogen and oxygen atoms in total. The number of hydrogen-bond acceptors (Lipinski definition) is 4. The molecule has 5 heteroatoms. The summed E-state index contributed by atoms with van der Waals surface area (Å²) in [6, 6.07) is 10.2. The summed E-state index contributed by atoms with van der Waals surface area (Å²) in [6.07, 6.45) is 5.81. The number of thioether (sulfide) groups is 1. The van der Waals surface area contributed by atoms with E-state index in [1.54, 1.807) is 24.2 Å². The number of hydrogen-bond donors (Lipinski definition) is 1. The highest BCUT2D eigenvalue weighted by molar-refractivity contribution is 7.99. The van der Waals surface area contributed by atoms with E-state index in [1.807, 2.05) is 18.2 Å². The quantitative estimate of drug-likeness (QED) is 0.915. The van der Waals surface area contributed by atoms with E-state index in [-0.39, 0.29) is 5.91 Å². The Balaban J connectivity index is 1.52. The van der Waals surface area contributed by atoms with Crippen LogP contribution in [0.15, 0.2) is 42.7 Å². The van der Waals surface area contributed by atoms with Gasteiger partial charge in [-0.3, -0.25) is 9.78 Å². The summed E-state index contributed by atoms with van der Waals surface area (Å²) in [4.78, 5) is 18.3. The zero-order valence-electron chi connectivity index (χ0n) is 13.3. The number of carbonyl (C=O) groups is 1. The molecule has 1 aliphatic rings. The van der Waals surface area contributed by atoms with Gasteiger partial charge in [0.1, 0.15) is 0 Å². The molecule has 23 heavy (non-hydrogen) atoms. The molecule has 1 aromatic heterocycles. The van der Waals surface area contributed by atoms with Crippen molar-refractivity contribution in [1.82, 2.24) is 4.98 Å². The molecule has 0 bridgehead atoms. The maximum Gasteiger partial charge on any atom is 0.234 e. The number of aryl methyl sites for hydroxylation is 1. The fourth-order valence-electron chi connectivity index (χ4n) is 2.80. The van der Waals surface area contributed by atoms with E-state index < -0.39 is 0 Å². The molecule has 0 radical (unpaired) electrons. The van der Waals surface area contributed by atoms with Crippen LogP contribution >= 0.6 is 11.8 Å². The first-order chi connectivity index (χ1) is 11.2. The second-order valence-electron chi connectivity index (χ2n) is 5.77. The van der Waals surface area contributed by atoms with Crippen molar-refractivity contribution in [2.24, 2.45) is 0 Å². The lowest BCUT2D eigenvalue weighted by Gasteiger charge is -2.27. The largest absolute Gasteiger partial charge is 0.374 e. The normalized spacial score (nSPS) is 13.5. The van der Waals surface area contributed by atoms with Gasteiger partial charge in [-0.2, -0.15) is 0 Å². The Kier molecular flexibility index (Phi) is 5.18. The average molecular weight is 327 g/mol. The molecule has 0 fully saturated rings. The number of rotatable bonds is 5. The number of nitrogens with one attached hydrogen (secondary N) is 1. The maximum atomic E-state index is 12.1. The summed E-state index contributed by atoms with van der Waals surface area (Å²) < 4.78 is 0. The van der Waals surface area contributed by atoms with Gasteiger partial charge in [0, 0.05) is 43.1 Å². The average Bonchev–Trinajstić information content (AvgIpc) is 2.56. The fraction of sp³-hybridized carbons (Fsp3) is 0.333. The van der Waals surface area contributed by atoms with Crippen LogP contribution in [0.3, 0.4) is 0 Å². The van der Waals surface area contributed by atoms with E-state index in [4.69, 9.17) is 0 Å². The summed E-state index contributed by atoms with van der Waals surface area (Å²) in [5, 5.41) is 3.00. The van der Waals surface area contributed by atoms with Crippen molar-refractivity contribution in [3.05, 3.63) is 53.9 Å². The van der Waals surface area contributed by atoms with Gasteiger partial charge in [-0.25, -0.2) is 0 Å². The van der Waals surface area contributed by atoms with Crippen LogP contribution < -0.4 is 10.2 Å². The highest BCUT2D eigenvalue weighted by Crippen LogP contribution is 2.28. The smallest absolute Gasteiger partial charge is 0.234 e. The zero-order chi connectivity index (χ0) is 16.1. The van der Waals surface area contributed by atoms with Crippen LogP contribution in [0.1, 0.15) is 17.5 Å². The molecule has 2 heterocycles. The number of aromatic nitrogens is 1. The molecule has 1 aliphatic heterocycles. The molecule has 0 saturated heterocycles. The van der Waals surface area contributed by atoms with Crippen LogP contribution in [0, 0.1) is 0 Å². The van der Waals surface area contributed by atoms with Crippen molar-refractivity contribution in [2.45, 2.75) is 18.6 Å². The van der Waals surface area contributed by atoms with Crippen LogP contribution in [-0.2, 0) is 17.0 Å². The Hall–Kier alpha value is -2.01. The van der Waals surface area contributed by atoms with Crippen molar-refractivity contribution in [2.75, 3.05) is 29.6 Å². The van der Waals surface area contributed by atoms with E-state index in [0.29, 0.717) is 5.75 Å². The summed E-state index contributed by atoms with van der Waals surface area (Å²) in [6.45, 7) is 1.10. The second-order valence-corrected chi connectivity index (χ2v) is 6.75. The third kappa shape index (κ3) is 4.26. The molecule has 0 unspecified atom stereocenters. The van der Waals surface area contributed by atoms with Crippen molar-refractivity contribution in [3.8, 4) is 0 Å². The zero-order valence-corrected chi connectivity index (χ0v) is 14.1. The molecule has 1 amide bonds. The van der Waals surface area contributed by atoms with Crippen LogP contribution in [0.2, 0.25) is 0 Å². The van der Waals surface area contributed by atoms with Gasteiger partial charge in [0.15, 0.2) is 0 Å². The predicted octanol–water partition coefficient (Wildman–Crippen LogP) is 3.34. The Morgan fingerprint density at radius 3 is 2.96 bits per heavy atom. The van der Waals surface area contributed by atoms with Crippen LogP contribution in [0.25, 0.3) is 0 Å². The molecule has 120 valence electrons. The topological polar surface area (TPSA) is 45.2 Å². The van der Waals surface area contributed by atoms with Crippen LogP contribution in [0.5, 0.6) is 0 Å². The van der Waals surface area contributed by atoms with Gasteiger partial charge in [0.05, 0.1) is 5.75 Å². The van der Waals surface area contributed by atoms with Crippen molar-refractivity contribution < 1.29 is 4.79 Å². The van der Waals surface area contributed by atoms with Crippen molar-refractivity contribution in [3.63, 3.8) is 0 Å². The van der Waals surface area contributed by atoms with Crippen molar-refractivity contribution in [1.29, 1.82) is 0 Å². The number of amides is 1. The minimum absolute atomic E-state index is 0.0492. The monoisotopic (exact) mass is 327 g/mol. The number of carbonyl (C=O) groups excluding carboxylic acids is 1. The lowest BCUT2D eigenvalue weighted by atomic mass is 10.0. The van der Waals surface area contributed by atoms with E-state index in [2.05, 4.69) is 34.4 Å². The van der Waals surface area contributed by atoms with Gasteiger partial charge in [-0.15, -0.1) is 11.8 Å². The molecular formula is C18H21N3OS. The van der Waals surface area contributed by atoms with Crippen LogP contribution in [-0.4, -0.2) is 30.2 Å². The van der Waals surface area contributed by atoms with Gasteiger partial charge in [-0.1, -0.05) is 0 Å². The predicted molar refractivity (Wildman–Crippen MR) is 97.1 cm³/mol. The first-order valence-corrected chi connectivity index (χ1v) is 8.98. The number of anilines is 2.